The second kappa shape index (κ2) is 12.2. The minimum atomic E-state index is -0.614. The van der Waals surface area contributed by atoms with Crippen molar-refractivity contribution in [2.45, 2.75) is 59.8 Å². The molecule has 7 nitrogen and oxygen atoms in total. The average molecular weight is 541 g/mol. The highest BCUT2D eigenvalue weighted by atomic mass is 19.1. The van der Waals surface area contributed by atoms with Crippen LogP contribution in [0, 0.1) is 30.0 Å². The molecule has 1 N–H and O–H groups in total. The molecule has 2 heterocycles. The van der Waals surface area contributed by atoms with Gasteiger partial charge in [0.05, 0.1) is 29.3 Å². The van der Waals surface area contributed by atoms with E-state index < -0.39 is 17.4 Å². The van der Waals surface area contributed by atoms with Gasteiger partial charge < -0.3 is 9.84 Å². The Morgan fingerprint density at radius 2 is 1.82 bits per heavy atom. The number of aromatic hydroxyl groups is 1. The third-order valence-corrected chi connectivity index (χ3v) is 6.76. The first kappa shape index (κ1) is 28.7. The summed E-state index contributed by atoms with van der Waals surface area (Å²) in [5.41, 5.74) is 3.96. The summed E-state index contributed by atoms with van der Waals surface area (Å²) in [5, 5.41) is 21.1. The SMILES string of the molecule is Cc1ncccc1-c1ccc(Cc2c(O)n(C(c3cc(F)cc(C#N)c3)C(C)C)c(COC(C)C)nc2=O)cc1. The monoisotopic (exact) mass is 540 g/mol. The maximum atomic E-state index is 14.5. The molecule has 0 saturated carbocycles. The Labute approximate surface area is 233 Å². The van der Waals surface area contributed by atoms with Gasteiger partial charge in [-0.15, -0.1) is 0 Å². The van der Waals surface area contributed by atoms with Crippen molar-refractivity contribution in [3.63, 3.8) is 0 Å². The lowest BCUT2D eigenvalue weighted by Gasteiger charge is -2.29. The molecule has 0 aliphatic carbocycles. The molecule has 0 aliphatic heterocycles. The smallest absolute Gasteiger partial charge is 0.280 e. The zero-order valence-electron chi connectivity index (χ0n) is 23.4. The normalized spacial score (nSPS) is 12.1. The van der Waals surface area contributed by atoms with Crippen LogP contribution in [0.15, 0.2) is 65.6 Å². The Morgan fingerprint density at radius 3 is 2.45 bits per heavy atom. The molecular weight excluding hydrogens is 507 g/mol. The van der Waals surface area contributed by atoms with Crippen LogP contribution in [0.2, 0.25) is 0 Å². The predicted octanol–water partition coefficient (Wildman–Crippen LogP) is 6.09. The summed E-state index contributed by atoms with van der Waals surface area (Å²) in [4.78, 5) is 21.9. The van der Waals surface area contributed by atoms with Crippen LogP contribution in [0.4, 0.5) is 4.39 Å². The molecule has 206 valence electrons. The summed E-state index contributed by atoms with van der Waals surface area (Å²) in [6.45, 7) is 9.49. The number of aryl methyl sites for hydroxylation is 1. The number of nitriles is 1. The van der Waals surface area contributed by atoms with Gasteiger partial charge in [0, 0.05) is 23.9 Å². The van der Waals surface area contributed by atoms with Crippen molar-refractivity contribution < 1.29 is 14.2 Å². The quantitative estimate of drug-likeness (QED) is 0.276. The largest absolute Gasteiger partial charge is 0.494 e. The minimum absolute atomic E-state index is 0.0243. The van der Waals surface area contributed by atoms with Crippen molar-refractivity contribution in [3.8, 4) is 23.1 Å². The van der Waals surface area contributed by atoms with E-state index in [2.05, 4.69) is 9.97 Å². The number of halogens is 1. The highest BCUT2D eigenvalue weighted by Crippen LogP contribution is 2.34. The molecule has 0 bridgehead atoms. The van der Waals surface area contributed by atoms with Gasteiger partial charge in [0.2, 0.25) is 5.88 Å². The molecular formula is C32H33FN4O3. The maximum absolute atomic E-state index is 14.5. The Morgan fingerprint density at radius 1 is 1.10 bits per heavy atom. The van der Waals surface area contributed by atoms with Crippen LogP contribution < -0.4 is 5.56 Å². The molecule has 4 rings (SSSR count). The van der Waals surface area contributed by atoms with Crippen LogP contribution in [0.5, 0.6) is 5.88 Å². The van der Waals surface area contributed by atoms with E-state index in [-0.39, 0.29) is 47.9 Å². The van der Waals surface area contributed by atoms with Crippen LogP contribution in [0.1, 0.15) is 67.5 Å². The summed E-state index contributed by atoms with van der Waals surface area (Å²) >= 11 is 0. The number of ether oxygens (including phenoxy) is 1. The summed E-state index contributed by atoms with van der Waals surface area (Å²) in [6.07, 6.45) is 1.75. The molecule has 1 atom stereocenters. The van der Waals surface area contributed by atoms with E-state index in [0.29, 0.717) is 5.56 Å². The standard InChI is InChI=1S/C32H33FN4O3/c1-19(2)30(25-13-23(17-34)14-26(33)16-25)37-29(18-40-20(3)4)36-31(38)28(32(37)39)15-22-8-10-24(11-9-22)27-7-6-12-35-21(27)5/h6-14,16,19-20,30,39H,15,18H2,1-5H3. The number of nitrogens with zero attached hydrogens (tertiary/aromatic N) is 4. The first-order chi connectivity index (χ1) is 19.1. The highest BCUT2D eigenvalue weighted by Gasteiger charge is 2.27. The van der Waals surface area contributed by atoms with Gasteiger partial charge in [0.25, 0.3) is 5.56 Å². The van der Waals surface area contributed by atoms with Crippen LogP contribution in [0.25, 0.3) is 11.1 Å². The molecule has 40 heavy (non-hydrogen) atoms. The van der Waals surface area contributed by atoms with E-state index in [0.717, 1.165) is 28.5 Å². The summed E-state index contributed by atoms with van der Waals surface area (Å²) in [6, 6.07) is 17.1. The van der Waals surface area contributed by atoms with E-state index in [1.54, 1.807) is 16.8 Å². The Bertz CT molecular complexity index is 1600. The molecule has 0 radical (unpaired) electrons. The molecule has 1 unspecified atom stereocenters. The first-order valence-corrected chi connectivity index (χ1v) is 13.2. The van der Waals surface area contributed by atoms with Crippen molar-refractivity contribution >= 4 is 0 Å². The molecule has 0 aliphatic rings. The molecule has 0 fully saturated rings. The lowest BCUT2D eigenvalue weighted by Crippen LogP contribution is -2.29. The molecule has 4 aromatic rings. The zero-order valence-corrected chi connectivity index (χ0v) is 23.4. The van der Waals surface area contributed by atoms with Crippen LogP contribution in [0.3, 0.4) is 0 Å². The first-order valence-electron chi connectivity index (χ1n) is 13.2. The Balaban J connectivity index is 1.82. The number of rotatable bonds is 9. The summed E-state index contributed by atoms with van der Waals surface area (Å²) in [5.74, 6) is -0.742. The molecule has 0 saturated heterocycles. The van der Waals surface area contributed by atoms with Crippen LogP contribution >= 0.6 is 0 Å². The average Bonchev–Trinajstić information content (AvgIpc) is 2.91. The predicted molar refractivity (Wildman–Crippen MR) is 151 cm³/mol. The van der Waals surface area contributed by atoms with Gasteiger partial charge in [-0.1, -0.05) is 44.2 Å². The van der Waals surface area contributed by atoms with E-state index in [1.165, 1.54) is 6.07 Å². The van der Waals surface area contributed by atoms with Gasteiger partial charge in [0.15, 0.2) is 0 Å². The van der Waals surface area contributed by atoms with Crippen molar-refractivity contribution in [2.24, 2.45) is 5.92 Å². The lowest BCUT2D eigenvalue weighted by molar-refractivity contribution is 0.0567. The fourth-order valence-electron chi connectivity index (χ4n) is 4.87. The van der Waals surface area contributed by atoms with Gasteiger partial charge in [-0.25, -0.2) is 4.39 Å². The number of aromatic nitrogens is 3. The van der Waals surface area contributed by atoms with E-state index in [1.807, 2.05) is 77.1 Å². The molecule has 2 aromatic heterocycles. The number of benzene rings is 2. The second-order valence-electron chi connectivity index (χ2n) is 10.4. The third kappa shape index (κ3) is 6.27. The fraction of sp³-hybridized carbons (Fsp3) is 0.312. The Kier molecular flexibility index (Phi) is 8.76. The third-order valence-electron chi connectivity index (χ3n) is 6.76. The molecule has 2 aromatic carbocycles. The van der Waals surface area contributed by atoms with Crippen LogP contribution in [-0.4, -0.2) is 25.7 Å². The number of pyridine rings is 1. The molecule has 8 heteroatoms. The van der Waals surface area contributed by atoms with Gasteiger partial charge in [0.1, 0.15) is 18.2 Å². The second-order valence-corrected chi connectivity index (χ2v) is 10.4. The summed E-state index contributed by atoms with van der Waals surface area (Å²) < 4.78 is 21.8. The topological polar surface area (TPSA) is 101 Å². The minimum Gasteiger partial charge on any atom is -0.494 e. The fourth-order valence-corrected chi connectivity index (χ4v) is 4.87. The number of hydrogen-bond acceptors (Lipinski definition) is 6. The summed E-state index contributed by atoms with van der Waals surface area (Å²) in [7, 11) is 0. The van der Waals surface area contributed by atoms with Gasteiger partial charge in [-0.2, -0.15) is 10.2 Å². The van der Waals surface area contributed by atoms with Crippen LogP contribution in [-0.2, 0) is 17.8 Å². The van der Waals surface area contributed by atoms with Crippen molar-refractivity contribution in [3.05, 3.63) is 111 Å². The van der Waals surface area contributed by atoms with Gasteiger partial charge >= 0.3 is 0 Å². The van der Waals surface area contributed by atoms with Crippen molar-refractivity contribution in [2.75, 3.05) is 0 Å². The molecule has 0 spiro atoms. The van der Waals surface area contributed by atoms with Crippen molar-refractivity contribution in [1.82, 2.24) is 14.5 Å². The highest BCUT2D eigenvalue weighted by molar-refractivity contribution is 5.65. The van der Waals surface area contributed by atoms with E-state index in [4.69, 9.17) is 4.74 Å². The van der Waals surface area contributed by atoms with E-state index in [9.17, 15) is 19.6 Å². The Hall–Kier alpha value is -4.35. The molecule has 0 amide bonds. The van der Waals surface area contributed by atoms with Gasteiger partial charge in [-0.3, -0.25) is 14.3 Å². The van der Waals surface area contributed by atoms with Crippen molar-refractivity contribution in [1.29, 1.82) is 5.26 Å². The maximum Gasteiger partial charge on any atom is 0.280 e. The zero-order chi connectivity index (χ0) is 29.0. The van der Waals surface area contributed by atoms with E-state index >= 15 is 0 Å². The lowest BCUT2D eigenvalue weighted by atomic mass is 9.93. The number of hydrogen-bond donors (Lipinski definition) is 1. The van der Waals surface area contributed by atoms with Gasteiger partial charge in [-0.05, 0) is 67.6 Å².